The van der Waals surface area contributed by atoms with Gasteiger partial charge in [-0.25, -0.2) is 0 Å². The lowest BCUT2D eigenvalue weighted by Crippen LogP contribution is -2.48. The topological polar surface area (TPSA) is 132 Å². The molecule has 3 N–H and O–H groups in total. The molecule has 432 valence electrons. The number of nitrogens with zero attached hydrogens (tertiary/aromatic N) is 8. The summed E-state index contributed by atoms with van der Waals surface area (Å²) in [4.78, 5) is 68.4. The lowest BCUT2D eigenvalue weighted by Gasteiger charge is -2.41. The van der Waals surface area contributed by atoms with E-state index in [1.165, 1.54) is 38.7 Å². The highest BCUT2D eigenvalue weighted by Gasteiger charge is 2.36. The van der Waals surface area contributed by atoms with E-state index in [0.29, 0.717) is 42.0 Å². The minimum Gasteiger partial charge on any atom is -0.369 e. The first-order valence-electron chi connectivity index (χ1n) is 29.3. The molecule has 81 heavy (non-hydrogen) atoms. The Hall–Kier alpha value is -5.71. The maximum atomic E-state index is 12.8. The van der Waals surface area contributed by atoms with Gasteiger partial charge in [-0.2, -0.15) is 0 Å². The van der Waals surface area contributed by atoms with Crippen LogP contribution in [0, 0.1) is 20.8 Å². The molecular weight excluding hydrogens is 1080 g/mol. The van der Waals surface area contributed by atoms with E-state index in [-0.39, 0.29) is 23.8 Å². The van der Waals surface area contributed by atoms with Crippen LogP contribution in [-0.2, 0) is 11.2 Å². The SMILES string of the molecule is Cc1ccc(Cl)cc1N1CCN(CCCN)CC1.Cc1ccc(Cl)cc1N1CCN(CCCN2C(=O)c3ccccc3C2=O)CC1.Cc1ccc(Cl)cc1N1CCN(CCCNC(=O)c2ccc3c(c2)CC(=O)C2CCCCN32)CC1. The van der Waals surface area contributed by atoms with Crippen molar-refractivity contribution in [1.82, 2.24) is 24.9 Å². The van der Waals surface area contributed by atoms with Gasteiger partial charge in [0.05, 0.1) is 17.2 Å². The number of carbonyl (C=O) groups is 4. The highest BCUT2D eigenvalue weighted by atomic mass is 35.5. The van der Waals surface area contributed by atoms with Crippen molar-refractivity contribution in [3.05, 3.63) is 151 Å². The number of nitrogens with two attached hydrogens (primary N) is 1. The first kappa shape index (κ1) is 59.9. The van der Waals surface area contributed by atoms with Gasteiger partial charge in [-0.3, -0.25) is 38.8 Å². The Morgan fingerprint density at radius 3 is 1.48 bits per heavy atom. The third kappa shape index (κ3) is 15.3. The van der Waals surface area contributed by atoms with Crippen molar-refractivity contribution in [1.29, 1.82) is 0 Å². The number of nitrogens with one attached hydrogen (secondary N) is 1. The van der Waals surface area contributed by atoms with Gasteiger partial charge in [0.25, 0.3) is 17.7 Å². The molecule has 0 radical (unpaired) electrons. The van der Waals surface area contributed by atoms with Gasteiger partial charge in [0.15, 0.2) is 5.78 Å². The molecule has 0 bridgehead atoms. The van der Waals surface area contributed by atoms with E-state index in [4.69, 9.17) is 40.5 Å². The van der Waals surface area contributed by atoms with E-state index in [2.05, 4.69) is 90.7 Å². The van der Waals surface area contributed by atoms with Gasteiger partial charge in [-0.1, -0.05) is 65.1 Å². The number of rotatable bonds is 15. The number of imide groups is 1. The molecule has 0 aliphatic carbocycles. The number of anilines is 4. The van der Waals surface area contributed by atoms with Crippen molar-refractivity contribution < 1.29 is 19.2 Å². The second-order valence-corrected chi connectivity index (χ2v) is 23.7. The molecule has 4 saturated heterocycles. The highest BCUT2D eigenvalue weighted by Crippen LogP contribution is 2.35. The van der Waals surface area contributed by atoms with Gasteiger partial charge in [-0.05, 0) is 174 Å². The number of amides is 3. The quantitative estimate of drug-likeness (QED) is 0.0765. The zero-order chi connectivity index (χ0) is 57.0. The number of hydrogen-bond donors (Lipinski definition) is 2. The van der Waals surface area contributed by atoms with Crippen molar-refractivity contribution in [2.45, 2.75) is 71.8 Å². The first-order chi connectivity index (χ1) is 39.2. The van der Waals surface area contributed by atoms with E-state index in [1.54, 1.807) is 24.3 Å². The Labute approximate surface area is 495 Å². The standard InChI is InChI=1S/C28H35ClN4O2.C22H24ClN3O2.C14H22ClN3/c1-20-6-8-23(29)19-26(20)32-15-13-31(14-16-32)11-4-10-30-28(35)21-7-9-24-22(17-21)18-27(34)25-5-2-3-12-33(24)25;1-16-7-8-17(23)15-20(16)25-13-11-24(12-14-25)9-4-10-26-21(27)18-5-2-3-6-19(18)22(26)28;1-12-3-4-13(15)11-14(12)18-9-7-17(8-10-18)6-2-5-16/h6-9,17,19,25H,2-5,10-16,18H2,1H3,(H,30,35);2-3,5-8,15H,4,9-14H2,1H3;3-4,11H,2,5-10,16H2,1H3. The normalized spacial score (nSPS) is 18.6. The largest absolute Gasteiger partial charge is 0.369 e. The van der Waals surface area contributed by atoms with Crippen LogP contribution in [0.1, 0.15) is 91.9 Å². The van der Waals surface area contributed by atoms with Crippen LogP contribution in [0.3, 0.4) is 0 Å². The first-order valence-corrected chi connectivity index (χ1v) is 30.4. The number of piperidine rings is 1. The number of benzene rings is 5. The summed E-state index contributed by atoms with van der Waals surface area (Å²) in [5.74, 6) is -0.0913. The number of aryl methyl sites for hydroxylation is 3. The predicted octanol–water partition coefficient (Wildman–Crippen LogP) is 9.65. The number of Topliss-reactive ketones (excluding diaryl/α,β-unsaturated/α-hetero) is 1. The van der Waals surface area contributed by atoms with Gasteiger partial charge in [0.2, 0.25) is 0 Å². The molecule has 6 aliphatic rings. The minimum absolute atomic E-state index is 0.0345. The average molecular weight is 1160 g/mol. The molecule has 0 aromatic heterocycles. The van der Waals surface area contributed by atoms with E-state index in [0.717, 1.165) is 176 Å². The van der Waals surface area contributed by atoms with Crippen molar-refractivity contribution in [3.8, 4) is 0 Å². The van der Waals surface area contributed by atoms with Crippen LogP contribution < -0.4 is 30.7 Å². The van der Waals surface area contributed by atoms with Crippen LogP contribution in [0.5, 0.6) is 0 Å². The second-order valence-electron chi connectivity index (χ2n) is 22.4. The molecule has 0 spiro atoms. The van der Waals surface area contributed by atoms with Crippen LogP contribution in [0.15, 0.2) is 97.1 Å². The summed E-state index contributed by atoms with van der Waals surface area (Å²) in [5, 5.41) is 5.44. The van der Waals surface area contributed by atoms with Crippen LogP contribution in [0.2, 0.25) is 15.1 Å². The van der Waals surface area contributed by atoms with Crippen molar-refractivity contribution in [2.24, 2.45) is 5.73 Å². The number of ketones is 1. The summed E-state index contributed by atoms with van der Waals surface area (Å²) in [7, 11) is 0. The summed E-state index contributed by atoms with van der Waals surface area (Å²) in [6.45, 7) is 24.4. The van der Waals surface area contributed by atoms with Crippen LogP contribution in [-0.4, -0.2) is 173 Å². The Morgan fingerprint density at radius 1 is 0.531 bits per heavy atom. The molecular formula is C64H81Cl3N10O4. The molecule has 17 heteroatoms. The monoisotopic (exact) mass is 1160 g/mol. The molecule has 0 saturated carbocycles. The maximum absolute atomic E-state index is 12.8. The number of piperazine rings is 3. The minimum atomic E-state index is -0.165. The third-order valence-electron chi connectivity index (χ3n) is 16.9. The molecule has 1 unspecified atom stereocenters. The average Bonchev–Trinajstić information content (AvgIpc) is 4.02. The molecule has 5 aromatic rings. The van der Waals surface area contributed by atoms with Gasteiger partial charge in [-0.15, -0.1) is 0 Å². The summed E-state index contributed by atoms with van der Waals surface area (Å²) < 4.78 is 0. The van der Waals surface area contributed by atoms with Crippen molar-refractivity contribution in [3.63, 3.8) is 0 Å². The summed E-state index contributed by atoms with van der Waals surface area (Å²) in [6, 6.07) is 31.2. The van der Waals surface area contributed by atoms with E-state index < -0.39 is 0 Å². The van der Waals surface area contributed by atoms with Gasteiger partial charge in [0.1, 0.15) is 0 Å². The molecule has 6 heterocycles. The summed E-state index contributed by atoms with van der Waals surface area (Å²) in [6.07, 6.45) is 6.45. The van der Waals surface area contributed by atoms with Crippen LogP contribution in [0.25, 0.3) is 0 Å². The van der Waals surface area contributed by atoms with Gasteiger partial charge >= 0.3 is 0 Å². The molecule has 3 amide bonds. The van der Waals surface area contributed by atoms with Crippen molar-refractivity contribution in [2.75, 3.05) is 144 Å². The zero-order valence-electron chi connectivity index (χ0n) is 47.6. The fraction of sp³-hybridized carbons (Fsp3) is 0.469. The predicted molar refractivity (Wildman–Crippen MR) is 332 cm³/mol. The lowest BCUT2D eigenvalue weighted by molar-refractivity contribution is -0.120. The Morgan fingerprint density at radius 2 is 1.00 bits per heavy atom. The Kier molecular flexibility index (Phi) is 21.1. The van der Waals surface area contributed by atoms with E-state index in [1.807, 2.05) is 42.5 Å². The van der Waals surface area contributed by atoms with Crippen LogP contribution >= 0.6 is 34.8 Å². The van der Waals surface area contributed by atoms with E-state index >= 15 is 0 Å². The zero-order valence-corrected chi connectivity index (χ0v) is 49.9. The molecule has 11 rings (SSSR count). The van der Waals surface area contributed by atoms with Crippen molar-refractivity contribution >= 4 is 81.1 Å². The van der Waals surface area contributed by atoms with Gasteiger partial charge < -0.3 is 30.7 Å². The third-order valence-corrected chi connectivity index (χ3v) is 17.6. The Bertz CT molecular complexity index is 2960. The number of carbonyl (C=O) groups excluding carboxylic acids is 4. The summed E-state index contributed by atoms with van der Waals surface area (Å²) in [5.41, 5.74) is 16.9. The maximum Gasteiger partial charge on any atom is 0.261 e. The second kappa shape index (κ2) is 28.5. The molecule has 6 aliphatic heterocycles. The van der Waals surface area contributed by atoms with Gasteiger partial charge in [0, 0.05) is 148 Å². The molecule has 5 aromatic carbocycles. The number of halogens is 3. The molecule has 14 nitrogen and oxygen atoms in total. The smallest absolute Gasteiger partial charge is 0.261 e. The summed E-state index contributed by atoms with van der Waals surface area (Å²) >= 11 is 18.4. The number of hydrogen-bond acceptors (Lipinski definition) is 12. The molecule has 1 atom stereocenters. The fourth-order valence-corrected chi connectivity index (χ4v) is 12.7. The fourth-order valence-electron chi connectivity index (χ4n) is 12.2. The van der Waals surface area contributed by atoms with Crippen LogP contribution in [0.4, 0.5) is 22.7 Å². The number of fused-ring (bicyclic) bond motifs is 4. The Balaban J connectivity index is 0.000000154. The lowest BCUT2D eigenvalue weighted by atomic mass is 9.88. The van der Waals surface area contributed by atoms with E-state index in [9.17, 15) is 19.2 Å². The highest BCUT2D eigenvalue weighted by molar-refractivity contribution is 6.31. The molecule has 4 fully saturated rings.